The van der Waals surface area contributed by atoms with Crippen LogP contribution in [-0.2, 0) is 4.74 Å². The molecule has 0 radical (unpaired) electrons. The molecule has 0 spiro atoms. The molecule has 1 atom stereocenters. The summed E-state index contributed by atoms with van der Waals surface area (Å²) >= 11 is 0. The van der Waals surface area contributed by atoms with Crippen LogP contribution in [0.25, 0.3) is 0 Å². The Hall–Kier alpha value is -1.36. The lowest BCUT2D eigenvalue weighted by Gasteiger charge is -2.32. The zero-order chi connectivity index (χ0) is 11.4. The van der Waals surface area contributed by atoms with E-state index in [1.165, 1.54) is 0 Å². The quantitative estimate of drug-likeness (QED) is 0.828. The highest BCUT2D eigenvalue weighted by atomic mass is 16.5. The Bertz CT molecular complexity index is 325. The van der Waals surface area contributed by atoms with Gasteiger partial charge in [-0.25, -0.2) is 9.97 Å². The molecular weight excluding hydrogens is 204 g/mol. The molecule has 1 fully saturated rings. The van der Waals surface area contributed by atoms with E-state index in [9.17, 15) is 0 Å². The molecule has 0 saturated carbocycles. The average molecular weight is 222 g/mol. The summed E-state index contributed by atoms with van der Waals surface area (Å²) in [7, 11) is 0. The third-order valence-corrected chi connectivity index (χ3v) is 2.72. The van der Waals surface area contributed by atoms with Gasteiger partial charge in [-0.1, -0.05) is 0 Å². The first kappa shape index (κ1) is 11.1. The number of rotatable bonds is 3. The first-order chi connectivity index (χ1) is 7.79. The molecule has 0 bridgehead atoms. The Labute approximate surface area is 95.6 Å². The number of nitrogen functional groups attached to an aromatic ring is 1. The maximum absolute atomic E-state index is 5.64. The van der Waals surface area contributed by atoms with Crippen LogP contribution < -0.4 is 10.6 Å². The van der Waals surface area contributed by atoms with Crippen LogP contribution in [0.3, 0.4) is 0 Å². The number of nitrogens with two attached hydrogens (primary N) is 1. The van der Waals surface area contributed by atoms with Crippen LogP contribution in [0, 0.1) is 0 Å². The standard InChI is InChI=1S/C11H18N4O/c1-2-16-10-4-3-5-15(8-10)11-13-6-9(12)7-14-11/h6-7,10H,2-5,8,12H2,1H3. The van der Waals surface area contributed by atoms with Gasteiger partial charge in [-0.2, -0.15) is 0 Å². The van der Waals surface area contributed by atoms with Crippen LogP contribution >= 0.6 is 0 Å². The van der Waals surface area contributed by atoms with Crippen LogP contribution in [0.2, 0.25) is 0 Å². The van der Waals surface area contributed by atoms with E-state index < -0.39 is 0 Å². The maximum atomic E-state index is 5.64. The fourth-order valence-corrected chi connectivity index (χ4v) is 1.99. The molecule has 0 amide bonds. The van der Waals surface area contributed by atoms with E-state index in [0.29, 0.717) is 11.8 Å². The van der Waals surface area contributed by atoms with Crippen LogP contribution in [-0.4, -0.2) is 35.8 Å². The third-order valence-electron chi connectivity index (χ3n) is 2.72. The Morgan fingerprint density at radius 1 is 1.50 bits per heavy atom. The van der Waals surface area contributed by atoms with Gasteiger partial charge in [0.1, 0.15) is 0 Å². The van der Waals surface area contributed by atoms with Gasteiger partial charge in [-0.15, -0.1) is 0 Å². The second kappa shape index (κ2) is 5.12. The SMILES string of the molecule is CCOC1CCCN(c2ncc(N)cn2)C1. The summed E-state index contributed by atoms with van der Waals surface area (Å²) in [5, 5.41) is 0. The van der Waals surface area contributed by atoms with Crippen molar-refractivity contribution in [2.45, 2.75) is 25.9 Å². The van der Waals surface area contributed by atoms with E-state index >= 15 is 0 Å². The summed E-state index contributed by atoms with van der Waals surface area (Å²) in [6.45, 7) is 4.66. The molecule has 2 heterocycles. The summed E-state index contributed by atoms with van der Waals surface area (Å²) < 4.78 is 5.64. The molecule has 5 nitrogen and oxygen atoms in total. The Kier molecular flexibility index (Phi) is 3.56. The molecule has 1 aromatic rings. The summed E-state index contributed by atoms with van der Waals surface area (Å²) in [4.78, 5) is 10.6. The zero-order valence-electron chi connectivity index (χ0n) is 9.59. The van der Waals surface area contributed by atoms with Crippen LogP contribution in [0.1, 0.15) is 19.8 Å². The third kappa shape index (κ3) is 2.61. The van der Waals surface area contributed by atoms with E-state index in [1.807, 2.05) is 6.92 Å². The summed E-state index contributed by atoms with van der Waals surface area (Å²) in [5.41, 5.74) is 6.16. The molecule has 1 unspecified atom stereocenters. The Balaban J connectivity index is 2.01. The van der Waals surface area contributed by atoms with Crippen molar-refractivity contribution in [2.24, 2.45) is 0 Å². The topological polar surface area (TPSA) is 64.3 Å². The van der Waals surface area contributed by atoms with Crippen LogP contribution in [0.5, 0.6) is 0 Å². The minimum absolute atomic E-state index is 0.305. The number of anilines is 2. The van der Waals surface area contributed by atoms with Gasteiger partial charge in [0.25, 0.3) is 0 Å². The van der Waals surface area contributed by atoms with Crippen molar-refractivity contribution >= 4 is 11.6 Å². The summed E-state index contributed by atoms with van der Waals surface area (Å²) in [6, 6.07) is 0. The Morgan fingerprint density at radius 3 is 2.94 bits per heavy atom. The van der Waals surface area contributed by atoms with E-state index in [-0.39, 0.29) is 0 Å². The van der Waals surface area contributed by atoms with E-state index in [4.69, 9.17) is 10.5 Å². The van der Waals surface area contributed by atoms with Crippen molar-refractivity contribution in [2.75, 3.05) is 30.3 Å². The van der Waals surface area contributed by atoms with E-state index in [1.54, 1.807) is 12.4 Å². The molecule has 0 aromatic carbocycles. The number of hydrogen-bond donors (Lipinski definition) is 1. The Morgan fingerprint density at radius 2 is 2.25 bits per heavy atom. The number of aromatic nitrogens is 2. The molecular formula is C11H18N4O. The van der Waals surface area contributed by atoms with Gasteiger partial charge >= 0.3 is 0 Å². The second-order valence-electron chi connectivity index (χ2n) is 3.98. The molecule has 2 rings (SSSR count). The molecule has 5 heteroatoms. The van der Waals surface area contributed by atoms with Gasteiger partial charge in [0.05, 0.1) is 24.2 Å². The first-order valence-electron chi connectivity index (χ1n) is 5.73. The highest BCUT2D eigenvalue weighted by molar-refractivity contribution is 5.38. The number of hydrogen-bond acceptors (Lipinski definition) is 5. The summed E-state index contributed by atoms with van der Waals surface area (Å²) in [5.74, 6) is 0.749. The minimum atomic E-state index is 0.305. The van der Waals surface area contributed by atoms with Crippen molar-refractivity contribution in [3.8, 4) is 0 Å². The van der Waals surface area contributed by atoms with Crippen LogP contribution in [0.4, 0.5) is 11.6 Å². The predicted octanol–water partition coefficient (Wildman–Crippen LogP) is 1.06. The normalized spacial score (nSPS) is 21.1. The van der Waals surface area contributed by atoms with Gasteiger partial charge in [0.15, 0.2) is 0 Å². The predicted molar refractivity (Wildman–Crippen MR) is 63.3 cm³/mol. The number of nitrogens with zero attached hydrogens (tertiary/aromatic N) is 3. The lowest BCUT2D eigenvalue weighted by molar-refractivity contribution is 0.0523. The second-order valence-corrected chi connectivity index (χ2v) is 3.98. The lowest BCUT2D eigenvalue weighted by Crippen LogP contribution is -2.40. The van der Waals surface area contributed by atoms with Gasteiger partial charge in [0.2, 0.25) is 5.95 Å². The van der Waals surface area contributed by atoms with Crippen molar-refractivity contribution in [3.05, 3.63) is 12.4 Å². The highest BCUT2D eigenvalue weighted by Gasteiger charge is 2.21. The van der Waals surface area contributed by atoms with E-state index in [2.05, 4.69) is 14.9 Å². The molecule has 88 valence electrons. The van der Waals surface area contributed by atoms with Gasteiger partial charge < -0.3 is 15.4 Å². The molecule has 1 aromatic heterocycles. The molecule has 2 N–H and O–H groups in total. The fraction of sp³-hybridized carbons (Fsp3) is 0.636. The van der Waals surface area contributed by atoms with Crippen LogP contribution in [0.15, 0.2) is 12.4 Å². The zero-order valence-corrected chi connectivity index (χ0v) is 9.59. The number of ether oxygens (including phenoxy) is 1. The van der Waals surface area contributed by atoms with Crippen molar-refractivity contribution < 1.29 is 4.74 Å². The van der Waals surface area contributed by atoms with Crippen molar-refractivity contribution in [3.63, 3.8) is 0 Å². The number of piperidine rings is 1. The molecule has 1 aliphatic heterocycles. The first-order valence-corrected chi connectivity index (χ1v) is 5.73. The van der Waals surface area contributed by atoms with Gasteiger partial charge in [-0.05, 0) is 19.8 Å². The van der Waals surface area contributed by atoms with Gasteiger partial charge in [-0.3, -0.25) is 0 Å². The molecule has 16 heavy (non-hydrogen) atoms. The maximum Gasteiger partial charge on any atom is 0.225 e. The molecule has 1 saturated heterocycles. The van der Waals surface area contributed by atoms with Crippen molar-refractivity contribution in [1.82, 2.24) is 9.97 Å². The monoisotopic (exact) mass is 222 g/mol. The largest absolute Gasteiger partial charge is 0.396 e. The van der Waals surface area contributed by atoms with E-state index in [0.717, 1.165) is 38.5 Å². The smallest absolute Gasteiger partial charge is 0.225 e. The average Bonchev–Trinajstić information content (AvgIpc) is 2.31. The molecule has 1 aliphatic rings. The fourth-order valence-electron chi connectivity index (χ4n) is 1.99. The molecule has 0 aliphatic carbocycles. The summed E-state index contributed by atoms with van der Waals surface area (Å²) in [6.07, 6.45) is 5.84. The lowest BCUT2D eigenvalue weighted by atomic mass is 10.1. The minimum Gasteiger partial charge on any atom is -0.396 e. The van der Waals surface area contributed by atoms with Crippen molar-refractivity contribution in [1.29, 1.82) is 0 Å². The highest BCUT2D eigenvalue weighted by Crippen LogP contribution is 2.17. The van der Waals surface area contributed by atoms with Gasteiger partial charge in [0, 0.05) is 19.7 Å².